The SMILES string of the molecule is Cc1ccc(NC(=O)NC2COCC2C(=O)O)c(F)c1. The average Bonchev–Trinajstić information content (AvgIpc) is 2.81. The predicted molar refractivity (Wildman–Crippen MR) is 69.0 cm³/mol. The average molecular weight is 282 g/mol. The first-order valence-corrected chi connectivity index (χ1v) is 6.11. The van der Waals surface area contributed by atoms with Crippen molar-refractivity contribution in [1.82, 2.24) is 5.32 Å². The van der Waals surface area contributed by atoms with Crippen LogP contribution in [0.1, 0.15) is 5.56 Å². The van der Waals surface area contributed by atoms with Crippen LogP contribution in [0.15, 0.2) is 18.2 Å². The van der Waals surface area contributed by atoms with Crippen molar-refractivity contribution in [3.63, 3.8) is 0 Å². The van der Waals surface area contributed by atoms with Crippen molar-refractivity contribution in [1.29, 1.82) is 0 Å². The number of rotatable bonds is 3. The van der Waals surface area contributed by atoms with Gasteiger partial charge >= 0.3 is 12.0 Å². The van der Waals surface area contributed by atoms with Gasteiger partial charge in [-0.1, -0.05) is 6.07 Å². The molecular weight excluding hydrogens is 267 g/mol. The minimum atomic E-state index is -1.03. The fraction of sp³-hybridized carbons (Fsp3) is 0.385. The lowest BCUT2D eigenvalue weighted by molar-refractivity contribution is -0.142. The van der Waals surface area contributed by atoms with Crippen molar-refractivity contribution in [2.75, 3.05) is 18.5 Å². The fourth-order valence-electron chi connectivity index (χ4n) is 1.99. The summed E-state index contributed by atoms with van der Waals surface area (Å²) < 4.78 is 18.6. The van der Waals surface area contributed by atoms with E-state index in [-0.39, 0.29) is 18.9 Å². The Balaban J connectivity index is 1.97. The number of carboxylic acid groups (broad SMARTS) is 1. The molecule has 0 bridgehead atoms. The highest BCUT2D eigenvalue weighted by Gasteiger charge is 2.35. The molecule has 6 nitrogen and oxygen atoms in total. The standard InChI is InChI=1S/C13H15FN2O4/c1-7-2-3-10(9(14)4-7)15-13(19)16-11-6-20-5-8(11)12(17)18/h2-4,8,11H,5-6H2,1H3,(H,17,18)(H2,15,16,19). The number of carboxylic acids is 1. The predicted octanol–water partition coefficient (Wildman–Crippen LogP) is 1.36. The summed E-state index contributed by atoms with van der Waals surface area (Å²) in [7, 11) is 0. The van der Waals surface area contributed by atoms with Crippen LogP contribution in [-0.4, -0.2) is 36.4 Å². The first-order valence-electron chi connectivity index (χ1n) is 6.11. The number of ether oxygens (including phenoxy) is 1. The summed E-state index contributed by atoms with van der Waals surface area (Å²) in [4.78, 5) is 22.7. The first kappa shape index (κ1) is 14.3. The fourth-order valence-corrected chi connectivity index (χ4v) is 1.99. The highest BCUT2D eigenvalue weighted by atomic mass is 19.1. The molecule has 2 atom stereocenters. The molecule has 1 saturated heterocycles. The van der Waals surface area contributed by atoms with Crippen LogP contribution in [-0.2, 0) is 9.53 Å². The molecule has 1 heterocycles. The summed E-state index contributed by atoms with van der Waals surface area (Å²) in [5, 5.41) is 13.8. The second kappa shape index (κ2) is 5.87. The minimum absolute atomic E-state index is 0.0406. The minimum Gasteiger partial charge on any atom is -0.481 e. The number of urea groups is 1. The number of amides is 2. The summed E-state index contributed by atoms with van der Waals surface area (Å²) in [6.45, 7) is 1.92. The maximum atomic E-state index is 13.6. The van der Waals surface area contributed by atoms with Gasteiger partial charge < -0.3 is 20.5 Å². The van der Waals surface area contributed by atoms with E-state index in [0.717, 1.165) is 5.56 Å². The van der Waals surface area contributed by atoms with Crippen LogP contribution < -0.4 is 10.6 Å². The zero-order chi connectivity index (χ0) is 14.7. The molecule has 1 aromatic carbocycles. The third-order valence-electron chi connectivity index (χ3n) is 3.09. The number of aryl methyl sites for hydroxylation is 1. The van der Waals surface area contributed by atoms with Gasteiger partial charge in [0.05, 0.1) is 24.9 Å². The summed E-state index contributed by atoms with van der Waals surface area (Å²) in [6, 6.07) is 3.13. The second-order valence-electron chi connectivity index (χ2n) is 4.67. The molecule has 1 aliphatic heterocycles. The van der Waals surface area contributed by atoms with Crippen molar-refractivity contribution in [3.8, 4) is 0 Å². The third kappa shape index (κ3) is 3.24. The van der Waals surface area contributed by atoms with Crippen molar-refractivity contribution in [2.24, 2.45) is 5.92 Å². The Morgan fingerprint density at radius 2 is 2.15 bits per heavy atom. The van der Waals surface area contributed by atoms with E-state index in [1.54, 1.807) is 13.0 Å². The maximum Gasteiger partial charge on any atom is 0.319 e. The van der Waals surface area contributed by atoms with Gasteiger partial charge in [0.25, 0.3) is 0 Å². The van der Waals surface area contributed by atoms with Crippen LogP contribution >= 0.6 is 0 Å². The largest absolute Gasteiger partial charge is 0.481 e. The van der Waals surface area contributed by atoms with Crippen molar-refractivity contribution in [3.05, 3.63) is 29.6 Å². The molecule has 2 unspecified atom stereocenters. The molecule has 1 aliphatic rings. The number of halogens is 1. The second-order valence-corrected chi connectivity index (χ2v) is 4.67. The van der Waals surface area contributed by atoms with Gasteiger partial charge in [-0.2, -0.15) is 0 Å². The lowest BCUT2D eigenvalue weighted by atomic mass is 10.0. The van der Waals surface area contributed by atoms with Gasteiger partial charge in [-0.05, 0) is 24.6 Å². The van der Waals surface area contributed by atoms with Gasteiger partial charge in [0.1, 0.15) is 11.7 Å². The van der Waals surface area contributed by atoms with E-state index in [9.17, 15) is 14.0 Å². The Bertz CT molecular complexity index is 535. The Labute approximate surface area is 114 Å². The number of carbonyl (C=O) groups is 2. The lowest BCUT2D eigenvalue weighted by Gasteiger charge is -2.16. The molecule has 108 valence electrons. The number of benzene rings is 1. The van der Waals surface area contributed by atoms with E-state index in [4.69, 9.17) is 9.84 Å². The Morgan fingerprint density at radius 1 is 1.40 bits per heavy atom. The molecule has 3 N–H and O–H groups in total. The van der Waals surface area contributed by atoms with Gasteiger partial charge in [0, 0.05) is 0 Å². The number of hydrogen-bond acceptors (Lipinski definition) is 3. The molecule has 0 saturated carbocycles. The van der Waals surface area contributed by atoms with Crippen molar-refractivity contribution >= 4 is 17.7 Å². The zero-order valence-electron chi connectivity index (χ0n) is 10.9. The molecule has 1 fully saturated rings. The summed E-state index contributed by atoms with van der Waals surface area (Å²) in [5.74, 6) is -2.37. The molecule has 2 rings (SSSR count). The Kier molecular flexibility index (Phi) is 4.19. The highest BCUT2D eigenvalue weighted by molar-refractivity contribution is 5.90. The van der Waals surface area contributed by atoms with Gasteiger partial charge in [-0.15, -0.1) is 0 Å². The molecule has 20 heavy (non-hydrogen) atoms. The molecular formula is C13H15FN2O4. The van der Waals surface area contributed by atoms with E-state index in [2.05, 4.69) is 10.6 Å². The van der Waals surface area contributed by atoms with E-state index < -0.39 is 29.8 Å². The highest BCUT2D eigenvalue weighted by Crippen LogP contribution is 2.17. The first-order chi connectivity index (χ1) is 9.47. The molecule has 0 aromatic heterocycles. The lowest BCUT2D eigenvalue weighted by Crippen LogP contribution is -2.44. The number of carbonyl (C=O) groups excluding carboxylic acids is 1. The Hall–Kier alpha value is -2.15. The number of aliphatic carboxylic acids is 1. The topological polar surface area (TPSA) is 87.7 Å². The zero-order valence-corrected chi connectivity index (χ0v) is 10.9. The van der Waals surface area contributed by atoms with E-state index >= 15 is 0 Å². The molecule has 0 radical (unpaired) electrons. The third-order valence-corrected chi connectivity index (χ3v) is 3.09. The number of hydrogen-bond donors (Lipinski definition) is 3. The van der Waals surface area contributed by atoms with E-state index in [1.165, 1.54) is 12.1 Å². The van der Waals surface area contributed by atoms with Crippen molar-refractivity contribution in [2.45, 2.75) is 13.0 Å². The Morgan fingerprint density at radius 3 is 2.80 bits per heavy atom. The van der Waals surface area contributed by atoms with Gasteiger partial charge in [0.15, 0.2) is 0 Å². The van der Waals surface area contributed by atoms with Crippen LogP contribution in [0.4, 0.5) is 14.9 Å². The molecule has 2 amide bonds. The molecule has 0 aliphatic carbocycles. The quantitative estimate of drug-likeness (QED) is 0.781. The molecule has 1 aromatic rings. The van der Waals surface area contributed by atoms with Crippen LogP contribution in [0.3, 0.4) is 0 Å². The summed E-state index contributed by atoms with van der Waals surface area (Å²) in [6.07, 6.45) is 0. The normalized spacial score (nSPS) is 21.5. The van der Waals surface area contributed by atoms with Gasteiger partial charge in [0.2, 0.25) is 0 Å². The van der Waals surface area contributed by atoms with E-state index in [1.807, 2.05) is 0 Å². The van der Waals surface area contributed by atoms with E-state index in [0.29, 0.717) is 0 Å². The smallest absolute Gasteiger partial charge is 0.319 e. The molecule has 0 spiro atoms. The number of nitrogens with one attached hydrogen (secondary N) is 2. The van der Waals surface area contributed by atoms with Crippen LogP contribution in [0.25, 0.3) is 0 Å². The van der Waals surface area contributed by atoms with Crippen LogP contribution in [0.2, 0.25) is 0 Å². The van der Waals surface area contributed by atoms with Gasteiger partial charge in [-0.25, -0.2) is 9.18 Å². The van der Waals surface area contributed by atoms with Crippen LogP contribution in [0, 0.1) is 18.7 Å². The van der Waals surface area contributed by atoms with Crippen molar-refractivity contribution < 1.29 is 23.8 Å². The summed E-state index contributed by atoms with van der Waals surface area (Å²) >= 11 is 0. The van der Waals surface area contributed by atoms with Gasteiger partial charge in [-0.3, -0.25) is 4.79 Å². The van der Waals surface area contributed by atoms with Crippen LogP contribution in [0.5, 0.6) is 0 Å². The monoisotopic (exact) mass is 282 g/mol. The maximum absolute atomic E-state index is 13.6. The number of anilines is 1. The molecule has 7 heteroatoms. The summed E-state index contributed by atoms with van der Waals surface area (Å²) in [5.41, 5.74) is 0.780.